The molecule has 6 nitrogen and oxygen atoms in total. The predicted octanol–water partition coefficient (Wildman–Crippen LogP) is 3.33. The molecule has 1 amide bonds. The smallest absolute Gasteiger partial charge is 0.223 e. The molecular weight excluding hydrogens is 431 g/mol. The molecule has 2 aromatic rings. The van der Waals surface area contributed by atoms with Crippen LogP contribution in [0, 0.1) is 18.7 Å². The first kappa shape index (κ1) is 24.2. The van der Waals surface area contributed by atoms with Crippen LogP contribution in [-0.2, 0) is 21.2 Å². The molecule has 0 spiro atoms. The summed E-state index contributed by atoms with van der Waals surface area (Å²) in [6.45, 7) is 5.22. The number of aryl methyl sites for hydroxylation is 1. The Hall–Kier alpha value is -2.45. The lowest BCUT2D eigenvalue weighted by Crippen LogP contribution is -2.40. The Labute approximate surface area is 189 Å². The molecule has 0 saturated carbocycles. The van der Waals surface area contributed by atoms with Crippen molar-refractivity contribution in [2.45, 2.75) is 37.6 Å². The van der Waals surface area contributed by atoms with Gasteiger partial charge in [0.1, 0.15) is 11.6 Å². The number of halogens is 1. The third-order valence-electron chi connectivity index (χ3n) is 5.80. The molecule has 2 aromatic carbocycles. The van der Waals surface area contributed by atoms with Gasteiger partial charge in [0.2, 0.25) is 5.91 Å². The molecular formula is C24H31FN2O4S. The molecule has 0 atom stereocenters. The number of hydrogen-bond donors (Lipinski definition) is 1. The number of carbonyl (C=O) groups is 1. The molecule has 1 fully saturated rings. The maximum Gasteiger partial charge on any atom is 0.223 e. The van der Waals surface area contributed by atoms with Crippen molar-refractivity contribution in [2.24, 2.45) is 5.92 Å². The van der Waals surface area contributed by atoms with Crippen LogP contribution in [0.3, 0.4) is 0 Å². The molecule has 1 heterocycles. The number of hydrogen-bond acceptors (Lipinski definition) is 5. The second-order valence-electron chi connectivity index (χ2n) is 8.36. The summed E-state index contributed by atoms with van der Waals surface area (Å²) in [6, 6.07) is 11.5. The van der Waals surface area contributed by atoms with Gasteiger partial charge in [-0.05, 0) is 80.7 Å². The molecule has 0 radical (unpaired) electrons. The van der Waals surface area contributed by atoms with Crippen molar-refractivity contribution in [1.82, 2.24) is 10.2 Å². The minimum atomic E-state index is -3.20. The molecule has 3 rings (SSSR count). The van der Waals surface area contributed by atoms with Crippen molar-refractivity contribution in [3.05, 3.63) is 59.4 Å². The Kier molecular flexibility index (Phi) is 8.26. The molecule has 8 heteroatoms. The predicted molar refractivity (Wildman–Crippen MR) is 122 cm³/mol. The van der Waals surface area contributed by atoms with Crippen molar-refractivity contribution in [3.8, 4) is 5.75 Å². The first-order valence-electron chi connectivity index (χ1n) is 10.9. The number of likely N-dealkylation sites (tertiary alicyclic amines) is 1. The van der Waals surface area contributed by atoms with Crippen LogP contribution in [0.2, 0.25) is 0 Å². The van der Waals surface area contributed by atoms with E-state index in [9.17, 15) is 17.6 Å². The third-order valence-corrected chi connectivity index (χ3v) is 6.93. The van der Waals surface area contributed by atoms with E-state index < -0.39 is 9.84 Å². The van der Waals surface area contributed by atoms with Gasteiger partial charge in [-0.1, -0.05) is 12.1 Å². The minimum Gasteiger partial charge on any atom is -0.494 e. The number of nitrogens with zero attached hydrogens (tertiary/aromatic N) is 1. The largest absolute Gasteiger partial charge is 0.494 e. The standard InChI is InChI=1S/C24H31FN2O4S/c1-18-4-5-19(16-23(18)25)17-26-24(28)20-10-13-27(14-11-20)12-3-15-31-21-6-8-22(9-7-21)32(2,29)30/h4-9,16,20H,3,10-15,17H2,1-2H3,(H,26,28). The average molecular weight is 463 g/mol. The molecule has 0 aromatic heterocycles. The molecule has 1 N–H and O–H groups in total. The number of piperidine rings is 1. The highest BCUT2D eigenvalue weighted by Gasteiger charge is 2.24. The topological polar surface area (TPSA) is 75.7 Å². The van der Waals surface area contributed by atoms with Crippen molar-refractivity contribution < 1.29 is 22.3 Å². The number of benzene rings is 2. The van der Waals surface area contributed by atoms with Gasteiger partial charge in [0.05, 0.1) is 11.5 Å². The Morgan fingerprint density at radius 3 is 2.47 bits per heavy atom. The number of sulfone groups is 1. The van der Waals surface area contributed by atoms with Crippen LogP contribution in [0.4, 0.5) is 4.39 Å². The van der Waals surface area contributed by atoms with Crippen molar-refractivity contribution in [3.63, 3.8) is 0 Å². The number of ether oxygens (including phenoxy) is 1. The maximum absolute atomic E-state index is 13.6. The fraction of sp³-hybridized carbons (Fsp3) is 0.458. The summed E-state index contributed by atoms with van der Waals surface area (Å²) in [7, 11) is -3.20. The number of carbonyl (C=O) groups excluding carboxylic acids is 1. The van der Waals surface area contributed by atoms with E-state index in [0.29, 0.717) is 24.5 Å². The highest BCUT2D eigenvalue weighted by molar-refractivity contribution is 7.90. The zero-order chi connectivity index (χ0) is 23.1. The van der Waals surface area contributed by atoms with Crippen molar-refractivity contribution in [2.75, 3.05) is 32.5 Å². The summed E-state index contributed by atoms with van der Waals surface area (Å²) in [5.41, 5.74) is 1.37. The first-order valence-corrected chi connectivity index (χ1v) is 12.8. The minimum absolute atomic E-state index is 0.00819. The number of rotatable bonds is 9. The molecule has 174 valence electrons. The van der Waals surface area contributed by atoms with Gasteiger partial charge in [-0.25, -0.2) is 12.8 Å². The lowest BCUT2D eigenvalue weighted by atomic mass is 9.95. The van der Waals surface area contributed by atoms with Gasteiger partial charge in [-0.3, -0.25) is 4.79 Å². The van der Waals surface area contributed by atoms with Crippen molar-refractivity contribution in [1.29, 1.82) is 0 Å². The highest BCUT2D eigenvalue weighted by Crippen LogP contribution is 2.19. The van der Waals surface area contributed by atoms with Gasteiger partial charge in [0.15, 0.2) is 9.84 Å². The van der Waals surface area contributed by atoms with Crippen LogP contribution < -0.4 is 10.1 Å². The highest BCUT2D eigenvalue weighted by atomic mass is 32.2. The van der Waals surface area contributed by atoms with Crippen LogP contribution >= 0.6 is 0 Å². The summed E-state index contributed by atoms with van der Waals surface area (Å²) in [5.74, 6) is 0.429. The number of amides is 1. The Morgan fingerprint density at radius 1 is 1.16 bits per heavy atom. The lowest BCUT2D eigenvalue weighted by molar-refractivity contribution is -0.126. The van der Waals surface area contributed by atoms with Crippen LogP contribution in [0.5, 0.6) is 5.75 Å². The van der Waals surface area contributed by atoms with Crippen LogP contribution in [-0.4, -0.2) is 51.7 Å². The summed E-state index contributed by atoms with van der Waals surface area (Å²) in [5, 5.41) is 2.93. The molecule has 0 aliphatic carbocycles. The molecule has 1 aliphatic heterocycles. The van der Waals surface area contributed by atoms with Gasteiger partial charge in [-0.15, -0.1) is 0 Å². The Bertz CT molecular complexity index is 1020. The van der Waals surface area contributed by atoms with E-state index in [4.69, 9.17) is 4.74 Å². The molecule has 0 bridgehead atoms. The SMILES string of the molecule is Cc1ccc(CNC(=O)C2CCN(CCCOc3ccc(S(C)(=O)=O)cc3)CC2)cc1F. The van der Waals surface area contributed by atoms with E-state index in [2.05, 4.69) is 10.2 Å². The van der Waals surface area contributed by atoms with Gasteiger partial charge in [0, 0.05) is 25.3 Å². The molecule has 0 unspecified atom stereocenters. The van der Waals surface area contributed by atoms with E-state index >= 15 is 0 Å². The van der Waals surface area contributed by atoms with Crippen LogP contribution in [0.25, 0.3) is 0 Å². The van der Waals surface area contributed by atoms with E-state index in [-0.39, 0.29) is 22.5 Å². The molecule has 32 heavy (non-hydrogen) atoms. The summed E-state index contributed by atoms with van der Waals surface area (Å²) in [6.07, 6.45) is 3.65. The first-order chi connectivity index (χ1) is 15.2. The Balaban J connectivity index is 1.32. The Morgan fingerprint density at radius 2 is 1.84 bits per heavy atom. The fourth-order valence-electron chi connectivity index (χ4n) is 3.76. The van der Waals surface area contributed by atoms with Crippen LogP contribution in [0.15, 0.2) is 47.4 Å². The fourth-order valence-corrected chi connectivity index (χ4v) is 4.39. The second-order valence-corrected chi connectivity index (χ2v) is 10.4. The average Bonchev–Trinajstić information content (AvgIpc) is 2.77. The van der Waals surface area contributed by atoms with Crippen LogP contribution in [0.1, 0.15) is 30.4 Å². The molecule has 1 aliphatic rings. The lowest BCUT2D eigenvalue weighted by Gasteiger charge is -2.31. The van der Waals surface area contributed by atoms with E-state index in [1.165, 1.54) is 12.3 Å². The quantitative estimate of drug-likeness (QED) is 0.579. The summed E-state index contributed by atoms with van der Waals surface area (Å²) >= 11 is 0. The normalized spacial score (nSPS) is 15.5. The molecule has 1 saturated heterocycles. The van der Waals surface area contributed by atoms with Gasteiger partial charge >= 0.3 is 0 Å². The maximum atomic E-state index is 13.6. The zero-order valence-electron chi connectivity index (χ0n) is 18.6. The summed E-state index contributed by atoms with van der Waals surface area (Å²) < 4.78 is 42.3. The second kappa shape index (κ2) is 10.9. The van der Waals surface area contributed by atoms with Gasteiger partial charge < -0.3 is 15.0 Å². The number of nitrogens with one attached hydrogen (secondary N) is 1. The third kappa shape index (κ3) is 7.03. The van der Waals surface area contributed by atoms with Crippen molar-refractivity contribution >= 4 is 15.7 Å². The van der Waals surface area contributed by atoms with E-state index in [1.54, 1.807) is 37.3 Å². The monoisotopic (exact) mass is 462 g/mol. The van der Waals surface area contributed by atoms with E-state index in [0.717, 1.165) is 44.5 Å². The van der Waals surface area contributed by atoms with Gasteiger partial charge in [0.25, 0.3) is 0 Å². The zero-order valence-corrected chi connectivity index (χ0v) is 19.5. The van der Waals surface area contributed by atoms with Gasteiger partial charge in [-0.2, -0.15) is 0 Å². The van der Waals surface area contributed by atoms with E-state index in [1.807, 2.05) is 6.07 Å². The summed E-state index contributed by atoms with van der Waals surface area (Å²) in [4.78, 5) is 15.1.